The van der Waals surface area contributed by atoms with Crippen molar-refractivity contribution < 1.29 is 37.9 Å². The fourth-order valence-corrected chi connectivity index (χ4v) is 5.57. The number of ketones is 1. The summed E-state index contributed by atoms with van der Waals surface area (Å²) in [5.41, 5.74) is 0.753. The van der Waals surface area contributed by atoms with E-state index in [-0.39, 0.29) is 43.9 Å². The highest BCUT2D eigenvalue weighted by molar-refractivity contribution is 6.38. The average molecular weight is 661 g/mol. The van der Waals surface area contributed by atoms with Crippen molar-refractivity contribution >= 4 is 35.5 Å². The third kappa shape index (κ3) is 12.6. The van der Waals surface area contributed by atoms with Crippen LogP contribution in [0.4, 0.5) is 9.18 Å². The molecule has 260 valence electrons. The molecule has 0 aliphatic carbocycles. The minimum atomic E-state index is -1.30. The molecule has 0 saturated carbocycles. The summed E-state index contributed by atoms with van der Waals surface area (Å²) in [6.45, 7) is 8.33. The van der Waals surface area contributed by atoms with Gasteiger partial charge in [0.2, 0.25) is 23.5 Å². The zero-order chi connectivity index (χ0) is 34.5. The Morgan fingerprint density at radius 3 is 2.13 bits per heavy atom. The zero-order valence-corrected chi connectivity index (χ0v) is 27.7. The lowest BCUT2D eigenvalue weighted by molar-refractivity contribution is -0.141. The summed E-state index contributed by atoms with van der Waals surface area (Å²) in [7, 11) is 0. The minimum Gasteiger partial charge on any atom is -0.445 e. The van der Waals surface area contributed by atoms with Crippen LogP contribution >= 0.6 is 0 Å². The van der Waals surface area contributed by atoms with Gasteiger partial charge in [0.25, 0.3) is 5.91 Å². The number of carbonyl (C=O) groups is 6. The van der Waals surface area contributed by atoms with Crippen LogP contribution in [0.3, 0.4) is 0 Å². The molecule has 3 rings (SSSR count). The molecule has 3 unspecified atom stereocenters. The third-order valence-electron chi connectivity index (χ3n) is 8.08. The fourth-order valence-electron chi connectivity index (χ4n) is 5.57. The number of halogens is 1. The van der Waals surface area contributed by atoms with Gasteiger partial charge < -0.3 is 36.2 Å². The first kappa shape index (κ1) is 37.4. The molecule has 2 fully saturated rings. The molecule has 2 aliphatic rings. The Morgan fingerprint density at radius 1 is 0.894 bits per heavy atom. The first-order valence-electron chi connectivity index (χ1n) is 16.4. The predicted molar refractivity (Wildman–Crippen MR) is 171 cm³/mol. The van der Waals surface area contributed by atoms with Gasteiger partial charge in [-0.05, 0) is 57.4 Å². The highest BCUT2D eigenvalue weighted by Gasteiger charge is 2.37. The van der Waals surface area contributed by atoms with E-state index in [1.54, 1.807) is 38.1 Å². The van der Waals surface area contributed by atoms with Crippen molar-refractivity contribution in [2.45, 2.75) is 96.7 Å². The van der Waals surface area contributed by atoms with Gasteiger partial charge in [-0.15, -0.1) is 0 Å². The monoisotopic (exact) mass is 660 g/mol. The molecular formula is C33H49FN6O7. The Balaban J connectivity index is 1.76. The van der Waals surface area contributed by atoms with Crippen molar-refractivity contribution in [1.82, 2.24) is 31.5 Å². The van der Waals surface area contributed by atoms with E-state index in [2.05, 4.69) is 26.6 Å². The van der Waals surface area contributed by atoms with Gasteiger partial charge in [-0.1, -0.05) is 44.2 Å². The highest BCUT2D eigenvalue weighted by Crippen LogP contribution is 2.18. The van der Waals surface area contributed by atoms with E-state index < -0.39 is 59.8 Å². The molecule has 1 aromatic carbocycles. The molecule has 2 heterocycles. The van der Waals surface area contributed by atoms with Crippen LogP contribution in [0.5, 0.6) is 0 Å². The van der Waals surface area contributed by atoms with Gasteiger partial charge in [0.1, 0.15) is 24.9 Å². The van der Waals surface area contributed by atoms with Crippen molar-refractivity contribution in [3.63, 3.8) is 0 Å². The molecule has 0 aromatic heterocycles. The fraction of sp³-hybridized carbons (Fsp3) is 0.636. The van der Waals surface area contributed by atoms with E-state index in [0.29, 0.717) is 38.9 Å². The van der Waals surface area contributed by atoms with Crippen molar-refractivity contribution in [2.24, 2.45) is 11.8 Å². The average Bonchev–Trinajstić information content (AvgIpc) is 3.43. The second-order valence-corrected chi connectivity index (χ2v) is 13.0. The molecule has 14 heteroatoms. The number of hydrogen-bond donors (Lipinski definition) is 5. The summed E-state index contributed by atoms with van der Waals surface area (Å²) < 4.78 is 19.2. The van der Waals surface area contributed by atoms with Crippen LogP contribution in [0.25, 0.3) is 0 Å². The highest BCUT2D eigenvalue weighted by atomic mass is 19.1. The first-order chi connectivity index (χ1) is 22.3. The number of alkyl halides is 1. The number of carbonyl (C=O) groups excluding carboxylic acids is 6. The topological polar surface area (TPSA) is 175 Å². The Labute approximate surface area is 275 Å². The number of amides is 5. The van der Waals surface area contributed by atoms with Crippen molar-refractivity contribution in [3.05, 3.63) is 35.9 Å². The molecular weight excluding hydrogens is 611 g/mol. The maximum atomic E-state index is 13.8. The van der Waals surface area contributed by atoms with E-state index in [0.717, 1.165) is 5.56 Å². The van der Waals surface area contributed by atoms with Crippen LogP contribution in [0, 0.1) is 11.8 Å². The number of nitrogens with one attached hydrogen (secondary N) is 5. The number of rotatable bonds is 16. The van der Waals surface area contributed by atoms with Crippen LogP contribution in [-0.4, -0.2) is 96.9 Å². The maximum Gasteiger partial charge on any atom is 0.408 e. The van der Waals surface area contributed by atoms with Gasteiger partial charge in [-0.25, -0.2) is 9.18 Å². The summed E-state index contributed by atoms with van der Waals surface area (Å²) in [4.78, 5) is 80.2. The van der Waals surface area contributed by atoms with Crippen LogP contribution < -0.4 is 26.6 Å². The van der Waals surface area contributed by atoms with Crippen molar-refractivity contribution in [3.8, 4) is 0 Å². The molecule has 2 aliphatic heterocycles. The van der Waals surface area contributed by atoms with E-state index >= 15 is 0 Å². The molecule has 1 aromatic rings. The lowest BCUT2D eigenvalue weighted by atomic mass is 9.94. The molecule has 13 nitrogen and oxygen atoms in total. The molecule has 0 radical (unpaired) electrons. The Hall–Kier alpha value is -4.07. The van der Waals surface area contributed by atoms with Gasteiger partial charge in [0.05, 0.1) is 6.04 Å². The standard InChI is InChI=1S/C33H49FN6O7/c1-20(2)16-26(30(43)37-25(17-23-10-13-35-29(23)42)28(41)32(45)36-21(3)4)38-31(44)27(18-40-14-11-24(34)12-15-40)39-33(46)47-19-22-8-6-5-7-9-22/h5-9,20-21,23-27H,10-19H2,1-4H3,(H,35,42)(H,36,45)(H,37,43)(H,38,44)(H,39,46)/t23-,25?,26?,27?/m0/s1. The summed E-state index contributed by atoms with van der Waals surface area (Å²) in [6.07, 6.45) is -0.630. The smallest absolute Gasteiger partial charge is 0.408 e. The van der Waals surface area contributed by atoms with Gasteiger partial charge in [-0.3, -0.25) is 24.0 Å². The Bertz CT molecular complexity index is 1240. The summed E-state index contributed by atoms with van der Waals surface area (Å²) in [5, 5.41) is 13.2. The number of benzene rings is 1. The SMILES string of the molecule is CC(C)CC(NC(=O)C(CN1CCC(F)CC1)NC(=O)OCc1ccccc1)C(=O)NC(C[C@@H]1CCNC1=O)C(=O)C(=O)NC(C)C. The summed E-state index contributed by atoms with van der Waals surface area (Å²) in [6, 6.07) is 5.11. The number of ether oxygens (including phenoxy) is 1. The molecule has 5 N–H and O–H groups in total. The van der Waals surface area contributed by atoms with Crippen LogP contribution in [0.2, 0.25) is 0 Å². The van der Waals surface area contributed by atoms with E-state index in [9.17, 15) is 33.2 Å². The lowest BCUT2D eigenvalue weighted by Crippen LogP contribution is -2.59. The number of piperidine rings is 1. The van der Waals surface area contributed by atoms with E-state index in [1.807, 2.05) is 24.8 Å². The number of likely N-dealkylation sites (tertiary alicyclic amines) is 1. The van der Waals surface area contributed by atoms with Gasteiger partial charge in [0, 0.05) is 38.1 Å². The summed E-state index contributed by atoms with van der Waals surface area (Å²) in [5.74, 6) is -4.06. The molecule has 5 amide bonds. The predicted octanol–water partition coefficient (Wildman–Crippen LogP) is 1.35. The van der Waals surface area contributed by atoms with Gasteiger partial charge in [-0.2, -0.15) is 0 Å². The molecule has 47 heavy (non-hydrogen) atoms. The third-order valence-corrected chi connectivity index (χ3v) is 8.08. The zero-order valence-electron chi connectivity index (χ0n) is 27.7. The molecule has 0 bridgehead atoms. The lowest BCUT2D eigenvalue weighted by Gasteiger charge is -2.32. The maximum absolute atomic E-state index is 13.8. The molecule has 4 atom stereocenters. The number of alkyl carbamates (subject to hydrolysis) is 1. The molecule has 0 spiro atoms. The molecule has 2 saturated heterocycles. The van der Waals surface area contributed by atoms with Crippen LogP contribution in [0.1, 0.15) is 65.4 Å². The van der Waals surface area contributed by atoms with Gasteiger partial charge in [0.15, 0.2) is 0 Å². The van der Waals surface area contributed by atoms with E-state index in [1.165, 1.54) is 0 Å². The van der Waals surface area contributed by atoms with Crippen LogP contribution in [-0.2, 0) is 35.3 Å². The second kappa shape index (κ2) is 18.3. The van der Waals surface area contributed by atoms with Crippen molar-refractivity contribution in [1.29, 1.82) is 0 Å². The Kier molecular flexibility index (Phi) is 14.6. The van der Waals surface area contributed by atoms with Crippen LogP contribution in [0.15, 0.2) is 30.3 Å². The number of Topliss-reactive ketones (excluding diaryl/α,β-unsaturated/α-hetero) is 1. The minimum absolute atomic E-state index is 0.0224. The number of hydrogen-bond acceptors (Lipinski definition) is 8. The summed E-state index contributed by atoms with van der Waals surface area (Å²) >= 11 is 0. The van der Waals surface area contributed by atoms with Gasteiger partial charge >= 0.3 is 6.09 Å². The first-order valence-corrected chi connectivity index (χ1v) is 16.4. The van der Waals surface area contributed by atoms with Crippen molar-refractivity contribution in [2.75, 3.05) is 26.2 Å². The Morgan fingerprint density at radius 2 is 1.53 bits per heavy atom. The quantitative estimate of drug-likeness (QED) is 0.165. The van der Waals surface area contributed by atoms with E-state index in [4.69, 9.17) is 4.74 Å². The largest absolute Gasteiger partial charge is 0.445 e. The second-order valence-electron chi connectivity index (χ2n) is 13.0. The number of nitrogens with zero attached hydrogens (tertiary/aromatic N) is 1. The normalized spacial score (nSPS) is 19.0.